The van der Waals surface area contributed by atoms with Crippen molar-refractivity contribution in [3.63, 3.8) is 0 Å². The van der Waals surface area contributed by atoms with Crippen LogP contribution >= 0.6 is 0 Å². The molecule has 2 aromatic heterocycles. The molecule has 0 radical (unpaired) electrons. The van der Waals surface area contributed by atoms with Crippen LogP contribution in [0.3, 0.4) is 0 Å². The number of carbonyl (C=O) groups excluding carboxylic acids is 1. The van der Waals surface area contributed by atoms with E-state index in [0.717, 1.165) is 25.7 Å². The van der Waals surface area contributed by atoms with Crippen molar-refractivity contribution < 1.29 is 18.7 Å². The summed E-state index contributed by atoms with van der Waals surface area (Å²) in [6.45, 7) is 4.89. The van der Waals surface area contributed by atoms with Crippen molar-refractivity contribution in [3.8, 4) is 17.0 Å². The van der Waals surface area contributed by atoms with E-state index in [1.165, 1.54) is 12.1 Å². The Morgan fingerprint density at radius 1 is 1.11 bits per heavy atom. The number of aromatic nitrogens is 3. The largest absolute Gasteiger partial charge is 0.508 e. The highest BCUT2D eigenvalue weighted by Gasteiger charge is 2.44. The van der Waals surface area contributed by atoms with Crippen molar-refractivity contribution in [1.29, 1.82) is 0 Å². The Hall–Kier alpha value is -3.68. The van der Waals surface area contributed by atoms with E-state index in [4.69, 9.17) is 0 Å². The number of Topliss-reactive ketones (excluding diaryl/α,β-unsaturated/α-hetero) is 1. The first-order chi connectivity index (χ1) is 17.8. The van der Waals surface area contributed by atoms with Gasteiger partial charge in [-0.2, -0.15) is 0 Å². The van der Waals surface area contributed by atoms with Gasteiger partial charge >= 0.3 is 0 Å². The van der Waals surface area contributed by atoms with Gasteiger partial charge in [0.25, 0.3) is 0 Å². The Bertz CT molecular complexity index is 1580. The van der Waals surface area contributed by atoms with Crippen LogP contribution in [0.4, 0.5) is 14.6 Å². The molecule has 6 nitrogen and oxygen atoms in total. The fourth-order valence-electron chi connectivity index (χ4n) is 6.28. The molecule has 37 heavy (non-hydrogen) atoms. The molecular formula is C29H28F2N4O2. The number of aromatic hydroxyl groups is 1. The molecule has 2 fully saturated rings. The second-order valence-corrected chi connectivity index (χ2v) is 10.3. The molecule has 2 aliphatic rings. The third-order valence-electron chi connectivity index (χ3n) is 8.21. The van der Waals surface area contributed by atoms with Gasteiger partial charge in [0.1, 0.15) is 40.2 Å². The van der Waals surface area contributed by atoms with Crippen LogP contribution in [0.5, 0.6) is 5.75 Å². The second-order valence-electron chi connectivity index (χ2n) is 10.3. The van der Waals surface area contributed by atoms with Crippen LogP contribution in [0.1, 0.15) is 50.4 Å². The van der Waals surface area contributed by atoms with Crippen LogP contribution in [-0.4, -0.2) is 38.9 Å². The molecule has 1 saturated heterocycles. The van der Waals surface area contributed by atoms with Crippen molar-refractivity contribution >= 4 is 33.3 Å². The third kappa shape index (κ3) is 3.72. The van der Waals surface area contributed by atoms with Gasteiger partial charge in [-0.05, 0) is 73.6 Å². The number of aryl methyl sites for hydroxylation is 2. The minimum absolute atomic E-state index is 0.00639. The highest BCUT2D eigenvalue weighted by Crippen LogP contribution is 2.45. The predicted octanol–water partition coefficient (Wildman–Crippen LogP) is 6.04. The second kappa shape index (κ2) is 8.71. The Balaban J connectivity index is 1.48. The van der Waals surface area contributed by atoms with E-state index in [0.29, 0.717) is 70.6 Å². The summed E-state index contributed by atoms with van der Waals surface area (Å²) >= 11 is 0. The van der Waals surface area contributed by atoms with Crippen LogP contribution in [0.2, 0.25) is 0 Å². The van der Waals surface area contributed by atoms with Crippen LogP contribution in [0, 0.1) is 24.0 Å². The number of rotatable bonds is 3. The summed E-state index contributed by atoms with van der Waals surface area (Å²) < 4.78 is 30.9. The topological polar surface area (TPSA) is 79.2 Å². The zero-order valence-corrected chi connectivity index (χ0v) is 20.9. The van der Waals surface area contributed by atoms with Gasteiger partial charge in [-0.25, -0.2) is 18.7 Å². The maximum atomic E-state index is 16.2. The lowest BCUT2D eigenvalue weighted by Crippen LogP contribution is -2.42. The van der Waals surface area contributed by atoms with Crippen LogP contribution in [0.25, 0.3) is 32.9 Å². The predicted molar refractivity (Wildman–Crippen MR) is 139 cm³/mol. The molecule has 1 aliphatic carbocycles. The Kier molecular flexibility index (Phi) is 5.58. The number of halogens is 2. The zero-order chi connectivity index (χ0) is 25.9. The lowest BCUT2D eigenvalue weighted by molar-refractivity contribution is -0.126. The molecule has 0 atom stereocenters. The van der Waals surface area contributed by atoms with Crippen molar-refractivity contribution in [2.75, 3.05) is 18.0 Å². The fraction of sp³-hybridized carbons (Fsp3) is 0.379. The molecule has 6 rings (SSSR count). The first kappa shape index (κ1) is 23.7. The lowest BCUT2D eigenvalue weighted by Gasteiger charge is -2.39. The molecule has 8 heteroatoms. The molecule has 1 saturated carbocycles. The van der Waals surface area contributed by atoms with Crippen molar-refractivity contribution in [2.45, 2.75) is 52.4 Å². The molecular weight excluding hydrogens is 474 g/mol. The van der Waals surface area contributed by atoms with Crippen molar-refractivity contribution in [2.24, 2.45) is 5.41 Å². The van der Waals surface area contributed by atoms with Gasteiger partial charge in [-0.3, -0.25) is 9.78 Å². The number of benzene rings is 2. The van der Waals surface area contributed by atoms with Crippen molar-refractivity contribution in [1.82, 2.24) is 15.0 Å². The van der Waals surface area contributed by atoms with E-state index >= 15 is 4.39 Å². The highest BCUT2D eigenvalue weighted by molar-refractivity contribution is 6.01. The number of carbonyl (C=O) groups is 1. The molecule has 0 bridgehead atoms. The summed E-state index contributed by atoms with van der Waals surface area (Å²) in [5.74, 6) is 0.336. The number of ketones is 1. The van der Waals surface area contributed by atoms with Crippen molar-refractivity contribution in [3.05, 3.63) is 53.5 Å². The van der Waals surface area contributed by atoms with E-state index < -0.39 is 5.82 Å². The summed E-state index contributed by atoms with van der Waals surface area (Å²) in [5, 5.41) is 12.0. The van der Waals surface area contributed by atoms with Gasteiger partial charge in [0.15, 0.2) is 5.82 Å². The Morgan fingerprint density at radius 2 is 1.89 bits per heavy atom. The van der Waals surface area contributed by atoms with Gasteiger partial charge in [0.2, 0.25) is 0 Å². The average Bonchev–Trinajstić information content (AvgIpc) is 3.23. The minimum Gasteiger partial charge on any atom is -0.508 e. The fourth-order valence-corrected chi connectivity index (χ4v) is 6.28. The lowest BCUT2D eigenvalue weighted by atomic mass is 9.76. The smallest absolute Gasteiger partial charge is 0.175 e. The summed E-state index contributed by atoms with van der Waals surface area (Å²) in [6.07, 6.45) is 6.08. The number of phenolic OH excluding ortho intramolecular Hbond substituents is 1. The van der Waals surface area contributed by atoms with E-state index in [1.54, 1.807) is 25.3 Å². The molecule has 1 N–H and O–H groups in total. The summed E-state index contributed by atoms with van der Waals surface area (Å²) in [6, 6.07) is 5.91. The SMILES string of the molecule is CCc1c(F)ccc2cc(O)cc(-c3ncc4c(N5CCC6(CCCC6=O)CC5)nc(C)nc4c3F)c12. The highest BCUT2D eigenvalue weighted by atomic mass is 19.1. The van der Waals surface area contributed by atoms with Gasteiger partial charge < -0.3 is 10.0 Å². The zero-order valence-electron chi connectivity index (χ0n) is 20.9. The number of anilines is 1. The Labute approximate surface area is 213 Å². The van der Waals surface area contributed by atoms with Crippen LogP contribution in [-0.2, 0) is 11.2 Å². The van der Waals surface area contributed by atoms with E-state index in [9.17, 15) is 14.3 Å². The first-order valence-corrected chi connectivity index (χ1v) is 12.9. The maximum Gasteiger partial charge on any atom is 0.175 e. The minimum atomic E-state index is -0.637. The van der Waals surface area contributed by atoms with Gasteiger partial charge in [0, 0.05) is 36.7 Å². The first-order valence-electron chi connectivity index (χ1n) is 12.9. The van der Waals surface area contributed by atoms with Crippen LogP contribution < -0.4 is 4.90 Å². The molecule has 190 valence electrons. The number of hydrogen-bond acceptors (Lipinski definition) is 6. The molecule has 0 amide bonds. The molecule has 4 aromatic rings. The monoisotopic (exact) mass is 502 g/mol. The summed E-state index contributed by atoms with van der Waals surface area (Å²) in [7, 11) is 0. The third-order valence-corrected chi connectivity index (χ3v) is 8.21. The van der Waals surface area contributed by atoms with Gasteiger partial charge in [0.05, 0.1) is 5.39 Å². The number of pyridine rings is 1. The standard InChI is InChI=1S/C29H28F2N4O2/c1-3-19-22(30)7-6-17-13-18(36)14-20(24(17)19)26-25(31)27-21(15-32-26)28(34-16(2)33-27)35-11-9-29(10-12-35)8-4-5-23(29)37/h6-7,13-15,36H,3-5,8-12H2,1-2H3. The number of piperidine rings is 1. The number of fused-ring (bicyclic) bond motifs is 2. The van der Waals surface area contributed by atoms with E-state index in [-0.39, 0.29) is 28.2 Å². The average molecular weight is 503 g/mol. The Morgan fingerprint density at radius 3 is 2.59 bits per heavy atom. The molecule has 3 heterocycles. The summed E-state index contributed by atoms with van der Waals surface area (Å²) in [4.78, 5) is 28.1. The quantitative estimate of drug-likeness (QED) is 0.368. The maximum absolute atomic E-state index is 16.2. The molecule has 2 aromatic carbocycles. The van der Waals surface area contributed by atoms with E-state index in [2.05, 4.69) is 19.9 Å². The number of hydrogen-bond donors (Lipinski definition) is 1. The summed E-state index contributed by atoms with van der Waals surface area (Å²) in [5.41, 5.74) is 0.691. The normalized spacial score (nSPS) is 17.4. The molecule has 1 spiro atoms. The molecule has 0 unspecified atom stereocenters. The number of phenols is 1. The molecule has 1 aliphatic heterocycles. The number of nitrogens with zero attached hydrogens (tertiary/aromatic N) is 4. The van der Waals surface area contributed by atoms with Gasteiger partial charge in [-0.1, -0.05) is 13.0 Å². The van der Waals surface area contributed by atoms with Gasteiger partial charge in [-0.15, -0.1) is 0 Å². The van der Waals surface area contributed by atoms with Crippen LogP contribution in [0.15, 0.2) is 30.5 Å². The van der Waals surface area contributed by atoms with E-state index in [1.807, 2.05) is 6.92 Å².